The van der Waals surface area contributed by atoms with Crippen LogP contribution in [0.3, 0.4) is 0 Å². The Kier molecular flexibility index (Phi) is 7.47. The molecule has 0 aliphatic heterocycles. The summed E-state index contributed by atoms with van der Waals surface area (Å²) in [7, 11) is 0. The Morgan fingerprint density at radius 2 is 1.94 bits per heavy atom. The molecule has 1 aliphatic rings. The zero-order chi connectivity index (χ0) is 23.5. The molecule has 1 saturated carbocycles. The second-order valence-electron chi connectivity index (χ2n) is 8.21. The van der Waals surface area contributed by atoms with Gasteiger partial charge in [0.25, 0.3) is 5.91 Å². The lowest BCUT2D eigenvalue weighted by molar-refractivity contribution is -0.154. The molecule has 170 valence electrons. The van der Waals surface area contributed by atoms with Crippen LogP contribution in [0.5, 0.6) is 0 Å². The van der Waals surface area contributed by atoms with Crippen LogP contribution in [-0.2, 0) is 20.7 Å². The highest BCUT2D eigenvalue weighted by atomic mass is 35.5. The number of carbonyl (C=O) groups is 2. The van der Waals surface area contributed by atoms with Gasteiger partial charge in [-0.2, -0.15) is 10.4 Å². The summed E-state index contributed by atoms with van der Waals surface area (Å²) in [6.45, 7) is 5.17. The monoisotopic (exact) mass is 476 g/mol. The predicted octanol–water partition coefficient (Wildman–Crippen LogP) is 4.61. The van der Waals surface area contributed by atoms with Gasteiger partial charge < -0.3 is 10.1 Å². The predicted molar refractivity (Wildman–Crippen MR) is 122 cm³/mol. The number of nitriles is 1. The average Bonchev–Trinajstić information content (AvgIpc) is 3.04. The molecule has 1 atom stereocenters. The van der Waals surface area contributed by atoms with E-state index in [4.69, 9.17) is 27.9 Å². The van der Waals surface area contributed by atoms with Gasteiger partial charge in [-0.1, -0.05) is 42.5 Å². The van der Waals surface area contributed by atoms with Crippen LogP contribution < -0.4 is 5.32 Å². The first kappa shape index (κ1) is 24.1. The molecule has 1 aromatic heterocycles. The van der Waals surface area contributed by atoms with E-state index in [9.17, 15) is 14.9 Å². The number of hydrogen-bond donors (Lipinski definition) is 1. The smallest absolute Gasteiger partial charge is 0.311 e. The SMILES string of the molecule is Cc1nn(-c2ccc(Cl)c(Cl)c2)c(C)c1CC(=O)OC(C)C(=O)NC1(C#N)CCCCC1. The van der Waals surface area contributed by atoms with Crippen LogP contribution in [0.25, 0.3) is 5.69 Å². The molecule has 0 saturated heterocycles. The highest BCUT2D eigenvalue weighted by Crippen LogP contribution is 2.28. The van der Waals surface area contributed by atoms with Gasteiger partial charge in [0.05, 0.1) is 33.9 Å². The van der Waals surface area contributed by atoms with Gasteiger partial charge in [-0.25, -0.2) is 4.68 Å². The Balaban J connectivity index is 1.67. The molecule has 1 N–H and O–H groups in total. The van der Waals surface area contributed by atoms with Crippen LogP contribution in [0, 0.1) is 25.2 Å². The molecule has 1 aromatic carbocycles. The van der Waals surface area contributed by atoms with E-state index in [1.54, 1.807) is 29.8 Å². The number of nitrogens with zero attached hydrogens (tertiary/aromatic N) is 3. The summed E-state index contributed by atoms with van der Waals surface area (Å²) in [6, 6.07) is 7.41. The van der Waals surface area contributed by atoms with Crippen LogP contribution in [0.4, 0.5) is 0 Å². The molecule has 3 rings (SSSR count). The second kappa shape index (κ2) is 9.93. The molecule has 1 unspecified atom stereocenters. The van der Waals surface area contributed by atoms with E-state index in [-0.39, 0.29) is 6.42 Å². The molecular weight excluding hydrogens is 451 g/mol. The quantitative estimate of drug-likeness (QED) is 0.613. The zero-order valence-corrected chi connectivity index (χ0v) is 19.9. The number of halogens is 2. The third-order valence-corrected chi connectivity index (χ3v) is 6.61. The normalized spacial score (nSPS) is 16.1. The number of benzene rings is 1. The standard InChI is InChI=1S/C23H26Cl2N4O3/c1-14-18(15(2)29(28-14)17-7-8-19(24)20(25)11-17)12-21(30)32-16(3)22(31)27-23(13-26)9-5-4-6-10-23/h7-8,11,16H,4-6,9-10,12H2,1-3H3,(H,27,31). The number of carbonyl (C=O) groups excluding carboxylic acids is 2. The topological polar surface area (TPSA) is 97.0 Å². The number of nitrogens with one attached hydrogen (secondary N) is 1. The lowest BCUT2D eigenvalue weighted by Gasteiger charge is -2.32. The molecule has 1 amide bonds. The summed E-state index contributed by atoms with van der Waals surface area (Å²) in [6.07, 6.45) is 3.04. The summed E-state index contributed by atoms with van der Waals surface area (Å²) < 4.78 is 7.06. The van der Waals surface area contributed by atoms with Gasteiger partial charge in [0.1, 0.15) is 5.54 Å². The van der Waals surface area contributed by atoms with Crippen molar-refractivity contribution in [3.05, 3.63) is 45.2 Å². The van der Waals surface area contributed by atoms with E-state index in [0.717, 1.165) is 36.2 Å². The number of ether oxygens (including phenoxy) is 1. The lowest BCUT2D eigenvalue weighted by atomic mass is 9.83. The third kappa shape index (κ3) is 5.25. The van der Waals surface area contributed by atoms with Crippen molar-refractivity contribution < 1.29 is 14.3 Å². The van der Waals surface area contributed by atoms with Crippen molar-refractivity contribution >= 4 is 35.1 Å². The summed E-state index contributed by atoms with van der Waals surface area (Å²) in [5, 5.41) is 17.7. The molecule has 0 bridgehead atoms. The van der Waals surface area contributed by atoms with Crippen molar-refractivity contribution in [3.8, 4) is 11.8 Å². The maximum Gasteiger partial charge on any atom is 0.311 e. The van der Waals surface area contributed by atoms with Gasteiger partial charge in [-0.15, -0.1) is 0 Å². The Morgan fingerprint density at radius 3 is 2.56 bits per heavy atom. The van der Waals surface area contributed by atoms with Crippen LogP contribution in [0.15, 0.2) is 18.2 Å². The van der Waals surface area contributed by atoms with Crippen LogP contribution in [0.1, 0.15) is 56.0 Å². The third-order valence-electron chi connectivity index (χ3n) is 5.87. The number of aryl methyl sites for hydroxylation is 1. The van der Waals surface area contributed by atoms with Crippen LogP contribution >= 0.6 is 23.2 Å². The number of rotatable bonds is 6. The van der Waals surface area contributed by atoms with E-state index >= 15 is 0 Å². The van der Waals surface area contributed by atoms with E-state index < -0.39 is 23.5 Å². The molecule has 0 radical (unpaired) electrons. The fraction of sp³-hybridized carbons (Fsp3) is 0.478. The molecule has 1 aliphatic carbocycles. The van der Waals surface area contributed by atoms with Crippen molar-refractivity contribution in [2.45, 2.75) is 70.9 Å². The highest BCUT2D eigenvalue weighted by Gasteiger charge is 2.35. The van der Waals surface area contributed by atoms with E-state index in [1.807, 2.05) is 6.92 Å². The molecule has 9 heteroatoms. The van der Waals surface area contributed by atoms with Crippen molar-refractivity contribution in [3.63, 3.8) is 0 Å². The maximum atomic E-state index is 12.6. The molecule has 0 spiro atoms. The minimum absolute atomic E-state index is 0.0278. The van der Waals surface area contributed by atoms with E-state index in [2.05, 4.69) is 16.5 Å². The van der Waals surface area contributed by atoms with Crippen molar-refractivity contribution in [2.75, 3.05) is 0 Å². The number of amides is 1. The first-order valence-electron chi connectivity index (χ1n) is 10.6. The van der Waals surface area contributed by atoms with Crippen molar-refractivity contribution in [1.82, 2.24) is 15.1 Å². The maximum absolute atomic E-state index is 12.6. The van der Waals surface area contributed by atoms with Crippen molar-refractivity contribution in [2.24, 2.45) is 0 Å². The van der Waals surface area contributed by atoms with Gasteiger partial charge >= 0.3 is 5.97 Å². The molecule has 1 heterocycles. The molecule has 2 aromatic rings. The van der Waals surface area contributed by atoms with Gasteiger partial charge in [0.2, 0.25) is 0 Å². The van der Waals surface area contributed by atoms with Gasteiger partial charge in [0, 0.05) is 11.3 Å². The average molecular weight is 477 g/mol. The fourth-order valence-electron chi connectivity index (χ4n) is 3.99. The Hall–Kier alpha value is -2.56. The second-order valence-corrected chi connectivity index (χ2v) is 9.03. The van der Waals surface area contributed by atoms with Crippen LogP contribution in [-0.4, -0.2) is 33.3 Å². The first-order valence-corrected chi connectivity index (χ1v) is 11.3. The Labute approximate surface area is 197 Å². The fourth-order valence-corrected chi connectivity index (χ4v) is 4.29. The number of aromatic nitrogens is 2. The highest BCUT2D eigenvalue weighted by molar-refractivity contribution is 6.42. The summed E-state index contributed by atoms with van der Waals surface area (Å²) >= 11 is 12.1. The molecule has 7 nitrogen and oxygen atoms in total. The molecule has 32 heavy (non-hydrogen) atoms. The Bertz CT molecular complexity index is 1070. The zero-order valence-electron chi connectivity index (χ0n) is 18.4. The minimum atomic E-state index is -1.000. The summed E-state index contributed by atoms with van der Waals surface area (Å²) in [4.78, 5) is 25.1. The first-order chi connectivity index (χ1) is 15.2. The summed E-state index contributed by atoms with van der Waals surface area (Å²) in [5.41, 5.74) is 2.01. The van der Waals surface area contributed by atoms with Crippen molar-refractivity contribution in [1.29, 1.82) is 5.26 Å². The minimum Gasteiger partial charge on any atom is -0.452 e. The molecular formula is C23H26Cl2N4O3. The van der Waals surface area contributed by atoms with Gasteiger partial charge in [0.15, 0.2) is 6.10 Å². The molecule has 1 fully saturated rings. The summed E-state index contributed by atoms with van der Waals surface area (Å²) in [5.74, 6) is -0.996. The van der Waals surface area contributed by atoms with Gasteiger partial charge in [-0.3, -0.25) is 9.59 Å². The van der Waals surface area contributed by atoms with E-state index in [0.29, 0.717) is 28.6 Å². The Morgan fingerprint density at radius 1 is 1.25 bits per heavy atom. The number of hydrogen-bond acceptors (Lipinski definition) is 5. The largest absolute Gasteiger partial charge is 0.452 e. The number of esters is 1. The lowest BCUT2D eigenvalue weighted by Crippen LogP contribution is -2.52. The van der Waals surface area contributed by atoms with Crippen LogP contribution in [0.2, 0.25) is 10.0 Å². The van der Waals surface area contributed by atoms with Gasteiger partial charge in [-0.05, 0) is 51.8 Å². The van der Waals surface area contributed by atoms with E-state index in [1.165, 1.54) is 6.92 Å².